The van der Waals surface area contributed by atoms with E-state index >= 15 is 0 Å². The molecule has 82 valence electrons. The normalized spacial score (nSPS) is 10.4. The Morgan fingerprint density at radius 3 is 2.50 bits per heavy atom. The lowest BCUT2D eigenvalue weighted by Crippen LogP contribution is -1.92. The third kappa shape index (κ3) is 1.78. The molecule has 0 spiro atoms. The predicted octanol–water partition coefficient (Wildman–Crippen LogP) is 3.71. The molecule has 0 aromatic heterocycles. The highest BCUT2D eigenvalue weighted by Gasteiger charge is 2.11. The van der Waals surface area contributed by atoms with Gasteiger partial charge in [0.05, 0.1) is 0 Å². The Morgan fingerprint density at radius 1 is 1.12 bits per heavy atom. The Morgan fingerprint density at radius 2 is 1.81 bits per heavy atom. The van der Waals surface area contributed by atoms with Gasteiger partial charge in [0.2, 0.25) is 0 Å². The van der Waals surface area contributed by atoms with Crippen LogP contribution in [0.2, 0.25) is 0 Å². The lowest BCUT2D eigenvalue weighted by molar-refractivity contribution is 0.471. The molecular weight excluding hydrogens is 266 g/mol. The fourth-order valence-electron chi connectivity index (χ4n) is 1.72. The second kappa shape index (κ2) is 4.18. The summed E-state index contributed by atoms with van der Waals surface area (Å²) in [5, 5.41) is 9.69. The average Bonchev–Trinajstić information content (AvgIpc) is 2.24. The Labute approximate surface area is 103 Å². The summed E-state index contributed by atoms with van der Waals surface area (Å²) < 4.78 is 0.932. The summed E-state index contributed by atoms with van der Waals surface area (Å²) in [5.74, 6) is 0.285. The van der Waals surface area contributed by atoms with Gasteiger partial charge in [0, 0.05) is 15.7 Å². The lowest BCUT2D eigenvalue weighted by atomic mass is 9.98. The SMILES string of the molecule is Cc1c(O)cccc1-c1c(N)cccc1Br. The number of benzene rings is 2. The molecular formula is C13H12BrNO. The van der Waals surface area contributed by atoms with E-state index in [2.05, 4.69) is 15.9 Å². The van der Waals surface area contributed by atoms with Crippen LogP contribution in [0.25, 0.3) is 11.1 Å². The Balaban J connectivity index is 2.73. The van der Waals surface area contributed by atoms with E-state index in [-0.39, 0.29) is 5.75 Å². The third-order valence-electron chi connectivity index (χ3n) is 2.62. The van der Waals surface area contributed by atoms with E-state index in [1.807, 2.05) is 37.3 Å². The number of nitrogen functional groups attached to an aromatic ring is 1. The van der Waals surface area contributed by atoms with Crippen molar-refractivity contribution in [3.8, 4) is 16.9 Å². The summed E-state index contributed by atoms with van der Waals surface area (Å²) in [5.41, 5.74) is 9.37. The summed E-state index contributed by atoms with van der Waals surface area (Å²) in [6.45, 7) is 1.88. The molecule has 0 aliphatic rings. The largest absolute Gasteiger partial charge is 0.508 e. The maximum Gasteiger partial charge on any atom is 0.119 e. The molecule has 2 nitrogen and oxygen atoms in total. The second-order valence-corrected chi connectivity index (χ2v) is 4.51. The van der Waals surface area contributed by atoms with Gasteiger partial charge in [0.1, 0.15) is 5.75 Å². The van der Waals surface area contributed by atoms with Gasteiger partial charge >= 0.3 is 0 Å². The van der Waals surface area contributed by atoms with Gasteiger partial charge in [-0.3, -0.25) is 0 Å². The first-order valence-electron chi connectivity index (χ1n) is 4.94. The van der Waals surface area contributed by atoms with Crippen LogP contribution in [0.15, 0.2) is 40.9 Å². The van der Waals surface area contributed by atoms with E-state index in [4.69, 9.17) is 5.73 Å². The second-order valence-electron chi connectivity index (χ2n) is 3.65. The van der Waals surface area contributed by atoms with Gasteiger partial charge in [0.25, 0.3) is 0 Å². The highest BCUT2D eigenvalue weighted by molar-refractivity contribution is 9.10. The molecule has 0 bridgehead atoms. The number of anilines is 1. The molecule has 3 heteroatoms. The molecule has 2 rings (SSSR count). The van der Waals surface area contributed by atoms with E-state index in [0.29, 0.717) is 5.69 Å². The van der Waals surface area contributed by atoms with Crippen molar-refractivity contribution in [3.63, 3.8) is 0 Å². The smallest absolute Gasteiger partial charge is 0.119 e. The minimum absolute atomic E-state index is 0.285. The number of aromatic hydroxyl groups is 1. The molecule has 0 heterocycles. The van der Waals surface area contributed by atoms with Gasteiger partial charge < -0.3 is 10.8 Å². The minimum Gasteiger partial charge on any atom is -0.508 e. The first kappa shape index (κ1) is 11.0. The number of phenols is 1. The highest BCUT2D eigenvalue weighted by Crippen LogP contribution is 2.37. The zero-order valence-electron chi connectivity index (χ0n) is 8.87. The van der Waals surface area contributed by atoms with Crippen LogP contribution >= 0.6 is 15.9 Å². The molecule has 0 radical (unpaired) electrons. The standard InChI is InChI=1S/C13H12BrNO/c1-8-9(4-2-7-12(8)16)13-10(14)5-3-6-11(13)15/h2-7,16H,15H2,1H3. The van der Waals surface area contributed by atoms with Crippen LogP contribution in [0.4, 0.5) is 5.69 Å². The molecule has 0 aliphatic heterocycles. The van der Waals surface area contributed by atoms with Crippen LogP contribution < -0.4 is 5.73 Å². The van der Waals surface area contributed by atoms with E-state index in [9.17, 15) is 5.11 Å². The van der Waals surface area contributed by atoms with Gasteiger partial charge in [-0.05, 0) is 36.2 Å². The van der Waals surface area contributed by atoms with E-state index in [0.717, 1.165) is 21.2 Å². The average molecular weight is 278 g/mol. The van der Waals surface area contributed by atoms with Crippen LogP contribution in [-0.2, 0) is 0 Å². The Kier molecular flexibility index (Phi) is 2.88. The zero-order valence-corrected chi connectivity index (χ0v) is 10.5. The number of rotatable bonds is 1. The molecule has 2 aromatic rings. The number of hydrogen-bond donors (Lipinski definition) is 2. The van der Waals surface area contributed by atoms with Crippen molar-refractivity contribution in [1.82, 2.24) is 0 Å². The van der Waals surface area contributed by atoms with E-state index in [1.165, 1.54) is 0 Å². The monoisotopic (exact) mass is 277 g/mol. The van der Waals surface area contributed by atoms with E-state index < -0.39 is 0 Å². The summed E-state index contributed by atoms with van der Waals surface area (Å²) in [4.78, 5) is 0. The van der Waals surface area contributed by atoms with Crippen molar-refractivity contribution in [3.05, 3.63) is 46.4 Å². The van der Waals surface area contributed by atoms with Gasteiger partial charge in [0.15, 0.2) is 0 Å². The molecule has 0 amide bonds. The predicted molar refractivity (Wildman–Crippen MR) is 70.4 cm³/mol. The highest BCUT2D eigenvalue weighted by atomic mass is 79.9. The number of hydrogen-bond acceptors (Lipinski definition) is 2. The Bertz CT molecular complexity index is 517. The molecule has 0 aliphatic carbocycles. The number of nitrogens with two attached hydrogens (primary N) is 1. The molecule has 0 atom stereocenters. The van der Waals surface area contributed by atoms with Crippen molar-refractivity contribution in [2.45, 2.75) is 6.92 Å². The van der Waals surface area contributed by atoms with Gasteiger partial charge in [-0.25, -0.2) is 0 Å². The van der Waals surface area contributed by atoms with Gasteiger partial charge in [-0.2, -0.15) is 0 Å². The summed E-state index contributed by atoms with van der Waals surface area (Å²) >= 11 is 3.48. The van der Waals surface area contributed by atoms with E-state index in [1.54, 1.807) is 6.07 Å². The van der Waals surface area contributed by atoms with Crippen LogP contribution in [0.1, 0.15) is 5.56 Å². The summed E-state index contributed by atoms with van der Waals surface area (Å²) in [6, 6.07) is 11.1. The molecule has 16 heavy (non-hydrogen) atoms. The first-order chi connectivity index (χ1) is 7.61. The van der Waals surface area contributed by atoms with Gasteiger partial charge in [-0.15, -0.1) is 0 Å². The lowest BCUT2D eigenvalue weighted by Gasteiger charge is -2.12. The van der Waals surface area contributed by atoms with Crippen molar-refractivity contribution in [2.75, 3.05) is 5.73 Å². The van der Waals surface area contributed by atoms with Gasteiger partial charge in [-0.1, -0.05) is 34.1 Å². The fraction of sp³-hybridized carbons (Fsp3) is 0.0769. The van der Waals surface area contributed by atoms with Crippen LogP contribution in [0.5, 0.6) is 5.75 Å². The molecule has 3 N–H and O–H groups in total. The third-order valence-corrected chi connectivity index (χ3v) is 3.28. The molecule has 0 saturated carbocycles. The van der Waals surface area contributed by atoms with Crippen molar-refractivity contribution in [1.29, 1.82) is 0 Å². The van der Waals surface area contributed by atoms with Crippen LogP contribution in [-0.4, -0.2) is 5.11 Å². The number of halogens is 1. The molecule has 0 fully saturated rings. The fourth-order valence-corrected chi connectivity index (χ4v) is 2.31. The topological polar surface area (TPSA) is 46.2 Å². The summed E-state index contributed by atoms with van der Waals surface area (Å²) in [7, 11) is 0. The van der Waals surface area contributed by atoms with Crippen molar-refractivity contribution < 1.29 is 5.11 Å². The molecule has 0 unspecified atom stereocenters. The minimum atomic E-state index is 0.285. The Hall–Kier alpha value is -1.48. The van der Waals surface area contributed by atoms with Crippen LogP contribution in [0, 0.1) is 6.92 Å². The molecule has 2 aromatic carbocycles. The quantitative estimate of drug-likeness (QED) is 0.781. The van der Waals surface area contributed by atoms with Crippen molar-refractivity contribution >= 4 is 21.6 Å². The zero-order chi connectivity index (χ0) is 11.7. The summed E-state index contributed by atoms with van der Waals surface area (Å²) in [6.07, 6.45) is 0. The number of phenolic OH excluding ortho intramolecular Hbond substituents is 1. The van der Waals surface area contributed by atoms with Crippen molar-refractivity contribution in [2.24, 2.45) is 0 Å². The van der Waals surface area contributed by atoms with Crippen LogP contribution in [0.3, 0.4) is 0 Å². The maximum absolute atomic E-state index is 9.69. The molecule has 0 saturated heterocycles. The maximum atomic E-state index is 9.69. The first-order valence-corrected chi connectivity index (χ1v) is 5.73.